The molecule has 1 unspecified atom stereocenters. The second-order valence-electron chi connectivity index (χ2n) is 6.16. The van der Waals surface area contributed by atoms with E-state index >= 15 is 0 Å². The Bertz CT molecular complexity index is 807. The molecular weight excluding hydrogens is 321 g/mol. The number of amides is 2. The molecule has 2 aromatic carbocycles. The number of hydrogen-bond donors (Lipinski definition) is 3. The molecule has 0 spiro atoms. The van der Waals surface area contributed by atoms with E-state index in [9.17, 15) is 14.0 Å². The van der Waals surface area contributed by atoms with E-state index in [4.69, 9.17) is 0 Å². The van der Waals surface area contributed by atoms with Crippen molar-refractivity contribution >= 4 is 17.5 Å². The van der Waals surface area contributed by atoms with Gasteiger partial charge in [0, 0.05) is 6.54 Å². The van der Waals surface area contributed by atoms with Crippen LogP contribution in [-0.2, 0) is 22.6 Å². The van der Waals surface area contributed by atoms with Crippen LogP contribution in [0.5, 0.6) is 0 Å². The van der Waals surface area contributed by atoms with Gasteiger partial charge in [-0.25, -0.2) is 4.39 Å². The maximum atomic E-state index is 13.7. The molecule has 0 radical (unpaired) electrons. The molecule has 1 aliphatic heterocycles. The zero-order valence-corrected chi connectivity index (χ0v) is 13.9. The van der Waals surface area contributed by atoms with Crippen molar-refractivity contribution in [2.45, 2.75) is 25.9 Å². The lowest BCUT2D eigenvalue weighted by Gasteiger charge is -2.25. The van der Waals surface area contributed by atoms with E-state index in [0.29, 0.717) is 13.0 Å². The smallest absolute Gasteiger partial charge is 0.243 e. The summed E-state index contributed by atoms with van der Waals surface area (Å²) in [4.78, 5) is 24.2. The van der Waals surface area contributed by atoms with Crippen LogP contribution in [0.2, 0.25) is 0 Å². The number of benzene rings is 2. The monoisotopic (exact) mass is 341 g/mol. The molecule has 1 atom stereocenters. The summed E-state index contributed by atoms with van der Waals surface area (Å²) < 4.78 is 13.7. The van der Waals surface area contributed by atoms with Gasteiger partial charge < -0.3 is 16.0 Å². The van der Waals surface area contributed by atoms with E-state index in [0.717, 1.165) is 11.1 Å². The Morgan fingerprint density at radius 1 is 1.20 bits per heavy atom. The van der Waals surface area contributed by atoms with Crippen LogP contribution < -0.4 is 16.0 Å². The van der Waals surface area contributed by atoms with E-state index in [-0.39, 0.29) is 24.2 Å². The maximum Gasteiger partial charge on any atom is 0.243 e. The van der Waals surface area contributed by atoms with Gasteiger partial charge in [0.25, 0.3) is 0 Å². The zero-order valence-electron chi connectivity index (χ0n) is 13.9. The molecule has 5 nitrogen and oxygen atoms in total. The van der Waals surface area contributed by atoms with Crippen molar-refractivity contribution in [3.05, 3.63) is 65.0 Å². The van der Waals surface area contributed by atoms with E-state index in [1.54, 1.807) is 13.0 Å². The lowest BCUT2D eigenvalue weighted by molar-refractivity contribution is -0.125. The first kappa shape index (κ1) is 17.1. The fraction of sp³-hybridized carbons (Fsp3) is 0.263. The van der Waals surface area contributed by atoms with Crippen LogP contribution in [0.25, 0.3) is 0 Å². The molecule has 130 valence electrons. The van der Waals surface area contributed by atoms with Gasteiger partial charge in [-0.3, -0.25) is 9.59 Å². The summed E-state index contributed by atoms with van der Waals surface area (Å²) in [7, 11) is 0. The number of aryl methyl sites for hydroxylation is 1. The van der Waals surface area contributed by atoms with Gasteiger partial charge in [-0.05, 0) is 42.2 Å². The average molecular weight is 341 g/mol. The summed E-state index contributed by atoms with van der Waals surface area (Å²) >= 11 is 0. The highest BCUT2D eigenvalue weighted by molar-refractivity contribution is 5.95. The number of fused-ring (bicyclic) bond motifs is 1. The molecule has 2 amide bonds. The van der Waals surface area contributed by atoms with Gasteiger partial charge in [0.05, 0.1) is 18.3 Å². The topological polar surface area (TPSA) is 70.2 Å². The third kappa shape index (κ3) is 4.22. The maximum absolute atomic E-state index is 13.7. The largest absolute Gasteiger partial charge is 0.346 e. The molecule has 25 heavy (non-hydrogen) atoms. The summed E-state index contributed by atoms with van der Waals surface area (Å²) in [5, 5.41) is 8.22. The summed E-state index contributed by atoms with van der Waals surface area (Å²) in [5.74, 6) is -1.20. The minimum atomic E-state index is -0.495. The Morgan fingerprint density at radius 3 is 2.72 bits per heavy atom. The standard InChI is InChI=1S/C19H20FN3O2/c1-12-6-7-16(15(20)8-12)23-18(24)11-22-19(25)17-9-13-4-2-3-5-14(13)10-21-17/h2-8,17,21H,9-11H2,1H3,(H,22,25)(H,23,24). The number of carbonyl (C=O) groups excluding carboxylic acids is 2. The van der Waals surface area contributed by atoms with Crippen molar-refractivity contribution in [1.82, 2.24) is 10.6 Å². The molecule has 0 aliphatic carbocycles. The Kier molecular flexibility index (Phi) is 5.09. The Morgan fingerprint density at radius 2 is 1.96 bits per heavy atom. The van der Waals surface area contributed by atoms with Crippen LogP contribution in [0.1, 0.15) is 16.7 Å². The van der Waals surface area contributed by atoms with Crippen molar-refractivity contribution in [3.8, 4) is 0 Å². The first-order valence-corrected chi connectivity index (χ1v) is 8.17. The fourth-order valence-corrected chi connectivity index (χ4v) is 2.85. The van der Waals surface area contributed by atoms with Crippen molar-refractivity contribution < 1.29 is 14.0 Å². The average Bonchev–Trinajstić information content (AvgIpc) is 2.61. The Balaban J connectivity index is 1.51. The summed E-state index contributed by atoms with van der Waals surface area (Å²) in [6.07, 6.45) is 0.580. The van der Waals surface area contributed by atoms with Gasteiger partial charge in [0.2, 0.25) is 11.8 Å². The van der Waals surface area contributed by atoms with E-state index < -0.39 is 11.7 Å². The van der Waals surface area contributed by atoms with Crippen LogP contribution in [-0.4, -0.2) is 24.4 Å². The first-order valence-electron chi connectivity index (χ1n) is 8.17. The molecule has 3 rings (SSSR count). The molecule has 0 bridgehead atoms. The number of hydrogen-bond acceptors (Lipinski definition) is 3. The molecule has 1 heterocycles. The third-order valence-corrected chi connectivity index (χ3v) is 4.22. The first-order chi connectivity index (χ1) is 12.0. The SMILES string of the molecule is Cc1ccc(NC(=O)CNC(=O)C2Cc3ccccc3CN2)c(F)c1. The third-order valence-electron chi connectivity index (χ3n) is 4.22. The van der Waals surface area contributed by atoms with Gasteiger partial charge >= 0.3 is 0 Å². The predicted octanol–water partition coefficient (Wildman–Crippen LogP) is 1.90. The Hall–Kier alpha value is -2.73. The zero-order chi connectivity index (χ0) is 17.8. The summed E-state index contributed by atoms with van der Waals surface area (Å²) in [6, 6.07) is 12.1. The molecule has 3 N–H and O–H groups in total. The van der Waals surface area contributed by atoms with Crippen LogP contribution in [0, 0.1) is 12.7 Å². The second kappa shape index (κ2) is 7.44. The lowest BCUT2D eigenvalue weighted by Crippen LogP contribution is -2.49. The van der Waals surface area contributed by atoms with Crippen LogP contribution in [0.4, 0.5) is 10.1 Å². The number of rotatable bonds is 4. The van der Waals surface area contributed by atoms with Crippen LogP contribution in [0.15, 0.2) is 42.5 Å². The van der Waals surface area contributed by atoms with Crippen LogP contribution >= 0.6 is 0 Å². The second-order valence-corrected chi connectivity index (χ2v) is 6.16. The number of nitrogens with one attached hydrogen (secondary N) is 3. The predicted molar refractivity (Wildman–Crippen MR) is 93.6 cm³/mol. The number of carbonyl (C=O) groups is 2. The molecule has 0 fully saturated rings. The minimum absolute atomic E-state index is 0.106. The quantitative estimate of drug-likeness (QED) is 0.796. The molecule has 6 heteroatoms. The highest BCUT2D eigenvalue weighted by atomic mass is 19.1. The van der Waals surface area contributed by atoms with Gasteiger partial charge in [-0.15, -0.1) is 0 Å². The van der Waals surface area contributed by atoms with Crippen molar-refractivity contribution in [2.24, 2.45) is 0 Å². The van der Waals surface area contributed by atoms with Crippen molar-refractivity contribution in [2.75, 3.05) is 11.9 Å². The molecule has 0 saturated heterocycles. The fourth-order valence-electron chi connectivity index (χ4n) is 2.85. The van der Waals surface area contributed by atoms with Crippen molar-refractivity contribution in [1.29, 1.82) is 0 Å². The summed E-state index contributed by atoms with van der Waals surface area (Å²) in [6.45, 7) is 2.19. The summed E-state index contributed by atoms with van der Waals surface area (Å²) in [5.41, 5.74) is 3.19. The number of halogens is 1. The lowest BCUT2D eigenvalue weighted by atomic mass is 9.95. The van der Waals surface area contributed by atoms with E-state index in [1.165, 1.54) is 17.7 Å². The molecule has 1 aliphatic rings. The molecule has 0 aromatic heterocycles. The molecular formula is C19H20FN3O2. The van der Waals surface area contributed by atoms with E-state index in [2.05, 4.69) is 16.0 Å². The van der Waals surface area contributed by atoms with Gasteiger partial charge in [-0.1, -0.05) is 30.3 Å². The van der Waals surface area contributed by atoms with E-state index in [1.807, 2.05) is 24.3 Å². The van der Waals surface area contributed by atoms with Crippen LogP contribution in [0.3, 0.4) is 0 Å². The highest BCUT2D eigenvalue weighted by Gasteiger charge is 2.24. The van der Waals surface area contributed by atoms with Gasteiger partial charge in [0.1, 0.15) is 5.82 Å². The minimum Gasteiger partial charge on any atom is -0.346 e. The molecule has 0 saturated carbocycles. The highest BCUT2D eigenvalue weighted by Crippen LogP contribution is 2.16. The normalized spacial score (nSPS) is 16.0. The van der Waals surface area contributed by atoms with Gasteiger partial charge in [0.15, 0.2) is 0 Å². The molecule has 2 aromatic rings. The number of anilines is 1. The van der Waals surface area contributed by atoms with Gasteiger partial charge in [-0.2, -0.15) is 0 Å². The Labute approximate surface area is 145 Å². The van der Waals surface area contributed by atoms with Crippen molar-refractivity contribution in [3.63, 3.8) is 0 Å².